The van der Waals surface area contributed by atoms with Crippen LogP contribution in [0.4, 0.5) is 0 Å². The number of hydrogen-bond acceptors (Lipinski definition) is 7. The Balaban J connectivity index is 1.65. The smallest absolute Gasteiger partial charge is 0.343 e. The van der Waals surface area contributed by atoms with Gasteiger partial charge in [-0.1, -0.05) is 31.4 Å². The van der Waals surface area contributed by atoms with Crippen molar-refractivity contribution in [3.05, 3.63) is 96.1 Å². The van der Waals surface area contributed by atoms with Crippen LogP contribution in [-0.4, -0.2) is 24.7 Å². The number of carbonyl (C=O) groups is 3. The highest BCUT2D eigenvalue weighted by atomic mass is 16.7. The Morgan fingerprint density at radius 2 is 1.62 bits per heavy atom. The molecule has 0 atom stereocenters. The Labute approximate surface area is 197 Å². The Morgan fingerprint density at radius 1 is 0.912 bits per heavy atom. The summed E-state index contributed by atoms with van der Waals surface area (Å²) in [6.07, 6.45) is 1.06. The molecular formula is C27H24O7. The van der Waals surface area contributed by atoms with E-state index in [9.17, 15) is 14.4 Å². The molecule has 0 saturated heterocycles. The predicted molar refractivity (Wildman–Crippen MR) is 126 cm³/mol. The summed E-state index contributed by atoms with van der Waals surface area (Å²) in [5.74, 6) is -0.625. The van der Waals surface area contributed by atoms with E-state index in [1.54, 1.807) is 61.5 Å². The van der Waals surface area contributed by atoms with Crippen molar-refractivity contribution in [1.29, 1.82) is 0 Å². The minimum Gasteiger partial charge on any atom is -0.457 e. The van der Waals surface area contributed by atoms with Gasteiger partial charge in [0.05, 0.1) is 5.56 Å². The van der Waals surface area contributed by atoms with Gasteiger partial charge in [-0.2, -0.15) is 0 Å². The van der Waals surface area contributed by atoms with Crippen molar-refractivity contribution in [3.8, 4) is 11.5 Å². The van der Waals surface area contributed by atoms with Crippen LogP contribution in [0.2, 0.25) is 0 Å². The molecule has 0 radical (unpaired) electrons. The normalized spacial score (nSPS) is 10.3. The van der Waals surface area contributed by atoms with E-state index in [0.717, 1.165) is 28.0 Å². The summed E-state index contributed by atoms with van der Waals surface area (Å²) in [6.45, 7) is 10.2. The highest BCUT2D eigenvalue weighted by Gasteiger charge is 2.12. The maximum absolute atomic E-state index is 12.7. The summed E-state index contributed by atoms with van der Waals surface area (Å²) in [4.78, 5) is 35.3. The van der Waals surface area contributed by atoms with Crippen molar-refractivity contribution in [2.75, 3.05) is 6.79 Å². The molecule has 3 aromatic rings. The van der Waals surface area contributed by atoms with E-state index in [4.69, 9.17) is 18.9 Å². The topological polar surface area (TPSA) is 88.1 Å². The number of benzene rings is 3. The maximum Gasteiger partial charge on any atom is 0.343 e. The number of esters is 3. The predicted octanol–water partition coefficient (Wildman–Crippen LogP) is 5.05. The van der Waals surface area contributed by atoms with E-state index in [1.165, 1.54) is 0 Å². The fourth-order valence-corrected chi connectivity index (χ4v) is 2.98. The van der Waals surface area contributed by atoms with Crippen molar-refractivity contribution < 1.29 is 33.3 Å². The Kier molecular flexibility index (Phi) is 7.82. The van der Waals surface area contributed by atoms with Crippen LogP contribution in [0.25, 0.3) is 10.8 Å². The van der Waals surface area contributed by atoms with Gasteiger partial charge in [-0.3, -0.25) is 0 Å². The molecule has 174 valence electrons. The van der Waals surface area contributed by atoms with Crippen molar-refractivity contribution in [3.63, 3.8) is 0 Å². The molecule has 0 aromatic heterocycles. The van der Waals surface area contributed by atoms with Gasteiger partial charge in [0.2, 0.25) is 6.79 Å². The van der Waals surface area contributed by atoms with E-state index >= 15 is 0 Å². The number of hydrogen-bond donors (Lipinski definition) is 0. The van der Waals surface area contributed by atoms with Gasteiger partial charge in [-0.25, -0.2) is 14.4 Å². The molecule has 0 N–H and O–H groups in total. The Morgan fingerprint density at radius 3 is 2.32 bits per heavy atom. The molecule has 3 rings (SSSR count). The zero-order valence-corrected chi connectivity index (χ0v) is 19.0. The molecular weight excluding hydrogens is 436 g/mol. The van der Waals surface area contributed by atoms with Crippen LogP contribution >= 0.6 is 0 Å². The average Bonchev–Trinajstić information content (AvgIpc) is 2.82. The zero-order chi connectivity index (χ0) is 24.7. The maximum atomic E-state index is 12.7. The van der Waals surface area contributed by atoms with Crippen molar-refractivity contribution in [1.82, 2.24) is 0 Å². The van der Waals surface area contributed by atoms with Gasteiger partial charge >= 0.3 is 17.9 Å². The van der Waals surface area contributed by atoms with Crippen LogP contribution in [0.3, 0.4) is 0 Å². The van der Waals surface area contributed by atoms with Crippen LogP contribution < -0.4 is 9.47 Å². The first-order valence-electron chi connectivity index (χ1n) is 10.4. The van der Waals surface area contributed by atoms with Crippen molar-refractivity contribution in [2.45, 2.75) is 20.5 Å². The highest BCUT2D eigenvalue weighted by molar-refractivity contribution is 5.96. The van der Waals surface area contributed by atoms with E-state index in [0.29, 0.717) is 22.6 Å². The SMILES string of the molecule is C=CC(=O)OCOc1ccc2cc(C(=O)Oc3ccc(COC(=O)C(=C)C)c(C)c3)ccc2c1. The Hall–Kier alpha value is -4.39. The second-order valence-corrected chi connectivity index (χ2v) is 7.49. The number of ether oxygens (including phenoxy) is 4. The van der Waals surface area contributed by atoms with Gasteiger partial charge in [0.15, 0.2) is 0 Å². The van der Waals surface area contributed by atoms with Crippen LogP contribution in [0.5, 0.6) is 11.5 Å². The van der Waals surface area contributed by atoms with Crippen LogP contribution in [-0.2, 0) is 25.7 Å². The molecule has 0 aliphatic heterocycles. The minimum absolute atomic E-state index is 0.110. The molecule has 0 aliphatic carbocycles. The molecule has 0 unspecified atom stereocenters. The lowest BCUT2D eigenvalue weighted by atomic mass is 10.1. The van der Waals surface area contributed by atoms with Crippen LogP contribution in [0.1, 0.15) is 28.4 Å². The van der Waals surface area contributed by atoms with Crippen LogP contribution in [0, 0.1) is 6.92 Å². The lowest BCUT2D eigenvalue weighted by Gasteiger charge is -2.11. The van der Waals surface area contributed by atoms with Crippen molar-refractivity contribution >= 4 is 28.7 Å². The lowest BCUT2D eigenvalue weighted by molar-refractivity contribution is -0.144. The molecule has 34 heavy (non-hydrogen) atoms. The average molecular weight is 460 g/mol. The number of fused-ring (bicyclic) bond motifs is 1. The summed E-state index contributed by atoms with van der Waals surface area (Å²) >= 11 is 0. The molecule has 7 heteroatoms. The minimum atomic E-state index is -0.569. The second-order valence-electron chi connectivity index (χ2n) is 7.49. The van der Waals surface area contributed by atoms with Gasteiger partial charge in [0.25, 0.3) is 0 Å². The highest BCUT2D eigenvalue weighted by Crippen LogP contribution is 2.24. The van der Waals surface area contributed by atoms with Crippen molar-refractivity contribution in [2.24, 2.45) is 0 Å². The zero-order valence-electron chi connectivity index (χ0n) is 19.0. The number of carbonyl (C=O) groups excluding carboxylic acids is 3. The third-order valence-electron chi connectivity index (χ3n) is 4.87. The fourth-order valence-electron chi connectivity index (χ4n) is 2.98. The summed E-state index contributed by atoms with van der Waals surface area (Å²) < 4.78 is 20.9. The van der Waals surface area contributed by atoms with Gasteiger partial charge in [-0.15, -0.1) is 0 Å². The summed E-state index contributed by atoms with van der Waals surface area (Å²) in [6, 6.07) is 15.5. The molecule has 7 nitrogen and oxygen atoms in total. The van der Waals surface area contributed by atoms with E-state index in [-0.39, 0.29) is 13.4 Å². The third kappa shape index (κ3) is 6.32. The second kappa shape index (κ2) is 11.0. The quantitative estimate of drug-likeness (QED) is 0.191. The number of rotatable bonds is 9. The molecule has 0 amide bonds. The third-order valence-corrected chi connectivity index (χ3v) is 4.87. The van der Waals surface area contributed by atoms with Gasteiger partial charge < -0.3 is 18.9 Å². The molecule has 0 fully saturated rings. The molecule has 3 aromatic carbocycles. The standard InChI is InChI=1S/C27H24O7/c1-5-25(28)33-16-32-23-10-8-19-13-21(7-6-20(19)14-23)27(30)34-24-11-9-22(18(4)12-24)15-31-26(29)17(2)3/h5-14H,1-2,15-16H2,3-4H3. The monoisotopic (exact) mass is 460 g/mol. The Bertz CT molecular complexity index is 1270. The first-order chi connectivity index (χ1) is 16.3. The molecule has 0 bridgehead atoms. The molecule has 0 saturated carbocycles. The fraction of sp³-hybridized carbons (Fsp3) is 0.148. The summed E-state index contributed by atoms with van der Waals surface area (Å²) in [5, 5.41) is 1.66. The van der Waals surface area contributed by atoms with Gasteiger partial charge in [0.1, 0.15) is 18.1 Å². The molecule has 0 heterocycles. The van der Waals surface area contributed by atoms with E-state index < -0.39 is 17.9 Å². The lowest BCUT2D eigenvalue weighted by Crippen LogP contribution is -2.09. The summed E-state index contributed by atoms with van der Waals surface area (Å²) in [5.41, 5.74) is 2.34. The molecule has 0 spiro atoms. The first-order valence-corrected chi connectivity index (χ1v) is 10.4. The first kappa shape index (κ1) is 24.3. The van der Waals surface area contributed by atoms with Gasteiger partial charge in [0, 0.05) is 11.6 Å². The van der Waals surface area contributed by atoms with Crippen LogP contribution in [0.15, 0.2) is 79.4 Å². The summed E-state index contributed by atoms with van der Waals surface area (Å²) in [7, 11) is 0. The van der Waals surface area contributed by atoms with E-state index in [1.807, 2.05) is 6.92 Å². The molecule has 0 aliphatic rings. The van der Waals surface area contributed by atoms with Gasteiger partial charge in [-0.05, 0) is 72.1 Å². The largest absolute Gasteiger partial charge is 0.457 e. The van der Waals surface area contributed by atoms with E-state index in [2.05, 4.69) is 13.2 Å². The number of aryl methyl sites for hydroxylation is 1.